The average molecular weight is 309 g/mol. The fourth-order valence-corrected chi connectivity index (χ4v) is 1.85. The van der Waals surface area contributed by atoms with Crippen molar-refractivity contribution in [2.75, 3.05) is 18.0 Å². The number of carbonyl (C=O) groups is 1. The predicted octanol–water partition coefficient (Wildman–Crippen LogP) is 2.52. The van der Waals surface area contributed by atoms with Gasteiger partial charge in [0.25, 0.3) is 0 Å². The van der Waals surface area contributed by atoms with Crippen LogP contribution >= 0.6 is 0 Å². The second-order valence-electron chi connectivity index (χ2n) is 4.85. The fourth-order valence-electron chi connectivity index (χ4n) is 1.85. The van der Waals surface area contributed by atoms with E-state index in [4.69, 9.17) is 16.2 Å². The minimum atomic E-state index is -0.459. The Kier molecular flexibility index (Phi) is 5.89. The molecule has 0 bridgehead atoms. The van der Waals surface area contributed by atoms with Crippen LogP contribution in [-0.4, -0.2) is 12.6 Å². The van der Waals surface area contributed by atoms with Crippen LogP contribution in [0.4, 0.5) is 16.2 Å². The number of carbonyl (C=O) groups excluding carboxylic acids is 1. The molecule has 1 amide bonds. The lowest BCUT2D eigenvalue weighted by molar-refractivity contribution is 0.140. The standard InChI is InChI=1S/C18H19N3O2/c19-16-11-6-10-15(17(16)20)9-4-5-12-21-18(22)23-13-14-7-2-1-3-8-14/h1-3,6-8,10-11H,5,12-13,19-20H2,(H,21,22). The molecule has 0 aliphatic carbocycles. The molecule has 0 saturated carbocycles. The summed E-state index contributed by atoms with van der Waals surface area (Å²) in [5, 5.41) is 2.65. The highest BCUT2D eigenvalue weighted by molar-refractivity contribution is 5.71. The van der Waals surface area contributed by atoms with Gasteiger partial charge in [-0.25, -0.2) is 4.79 Å². The first kappa shape index (κ1) is 16.2. The number of benzene rings is 2. The lowest BCUT2D eigenvalue weighted by Gasteiger charge is -2.05. The Morgan fingerprint density at radius 2 is 1.87 bits per heavy atom. The molecule has 0 aromatic heterocycles. The van der Waals surface area contributed by atoms with Gasteiger partial charge in [-0.2, -0.15) is 0 Å². The lowest BCUT2D eigenvalue weighted by atomic mass is 10.1. The molecule has 5 N–H and O–H groups in total. The van der Waals surface area contributed by atoms with Crippen LogP contribution in [0.1, 0.15) is 17.5 Å². The zero-order chi connectivity index (χ0) is 16.5. The molecule has 5 nitrogen and oxygen atoms in total. The molecule has 2 aromatic carbocycles. The van der Waals surface area contributed by atoms with Gasteiger partial charge >= 0.3 is 6.09 Å². The molecular formula is C18H19N3O2. The number of nitrogens with two attached hydrogens (primary N) is 2. The summed E-state index contributed by atoms with van der Waals surface area (Å²) in [6, 6.07) is 14.8. The van der Waals surface area contributed by atoms with Crippen molar-refractivity contribution in [1.82, 2.24) is 5.32 Å². The summed E-state index contributed by atoms with van der Waals surface area (Å²) in [5.41, 5.74) is 14.2. The third kappa shape index (κ3) is 5.29. The van der Waals surface area contributed by atoms with Crippen LogP contribution in [0.15, 0.2) is 48.5 Å². The van der Waals surface area contributed by atoms with Crippen molar-refractivity contribution in [3.05, 3.63) is 59.7 Å². The average Bonchev–Trinajstić information content (AvgIpc) is 2.57. The number of ether oxygens (including phenoxy) is 1. The Morgan fingerprint density at radius 1 is 1.09 bits per heavy atom. The fraction of sp³-hybridized carbons (Fsp3) is 0.167. The molecule has 0 unspecified atom stereocenters. The van der Waals surface area contributed by atoms with Gasteiger partial charge in [-0.1, -0.05) is 48.2 Å². The van der Waals surface area contributed by atoms with E-state index in [0.717, 1.165) is 5.56 Å². The highest BCUT2D eigenvalue weighted by Gasteiger charge is 2.01. The summed E-state index contributed by atoms with van der Waals surface area (Å²) in [6.45, 7) is 0.654. The van der Waals surface area contributed by atoms with Crippen LogP contribution < -0.4 is 16.8 Å². The van der Waals surface area contributed by atoms with Crippen LogP contribution in [0.3, 0.4) is 0 Å². The highest BCUT2D eigenvalue weighted by atomic mass is 16.5. The number of alkyl carbamates (subject to hydrolysis) is 1. The van der Waals surface area contributed by atoms with Crippen molar-refractivity contribution in [2.45, 2.75) is 13.0 Å². The Labute approximate surface area is 135 Å². The van der Waals surface area contributed by atoms with Crippen LogP contribution in [0, 0.1) is 11.8 Å². The molecule has 0 spiro atoms. The molecule has 23 heavy (non-hydrogen) atoms. The Morgan fingerprint density at radius 3 is 2.65 bits per heavy atom. The third-order valence-corrected chi connectivity index (χ3v) is 3.09. The predicted molar refractivity (Wildman–Crippen MR) is 91.4 cm³/mol. The molecule has 0 fully saturated rings. The van der Waals surface area contributed by atoms with E-state index in [1.54, 1.807) is 18.2 Å². The number of nitrogen functional groups attached to an aromatic ring is 2. The highest BCUT2D eigenvalue weighted by Crippen LogP contribution is 2.17. The molecule has 5 heteroatoms. The van der Waals surface area contributed by atoms with Crippen molar-refractivity contribution < 1.29 is 9.53 Å². The second kappa shape index (κ2) is 8.35. The summed E-state index contributed by atoms with van der Waals surface area (Å²) >= 11 is 0. The summed E-state index contributed by atoms with van der Waals surface area (Å²) in [4.78, 5) is 11.5. The van der Waals surface area contributed by atoms with E-state index in [-0.39, 0.29) is 6.61 Å². The molecule has 0 heterocycles. The van der Waals surface area contributed by atoms with Gasteiger partial charge in [-0.05, 0) is 17.7 Å². The number of hydrogen-bond acceptors (Lipinski definition) is 4. The van der Waals surface area contributed by atoms with Gasteiger partial charge in [-0.3, -0.25) is 0 Å². The topological polar surface area (TPSA) is 90.4 Å². The van der Waals surface area contributed by atoms with Crippen LogP contribution in [0.25, 0.3) is 0 Å². The van der Waals surface area contributed by atoms with Crippen molar-refractivity contribution >= 4 is 17.5 Å². The van der Waals surface area contributed by atoms with Gasteiger partial charge < -0.3 is 21.5 Å². The SMILES string of the molecule is Nc1cccc(C#CCCNC(=O)OCc2ccccc2)c1N. The summed E-state index contributed by atoms with van der Waals surface area (Å²) in [7, 11) is 0. The van der Waals surface area contributed by atoms with Gasteiger partial charge in [0.1, 0.15) is 6.61 Å². The third-order valence-electron chi connectivity index (χ3n) is 3.09. The summed E-state index contributed by atoms with van der Waals surface area (Å²) in [6.07, 6.45) is 0.0356. The lowest BCUT2D eigenvalue weighted by Crippen LogP contribution is -2.24. The number of amides is 1. The zero-order valence-corrected chi connectivity index (χ0v) is 12.7. The molecule has 2 aromatic rings. The first-order chi connectivity index (χ1) is 11.2. The van der Waals surface area contributed by atoms with E-state index in [1.165, 1.54) is 0 Å². The van der Waals surface area contributed by atoms with Gasteiger partial charge in [0, 0.05) is 18.5 Å². The van der Waals surface area contributed by atoms with Gasteiger partial charge in [-0.15, -0.1) is 0 Å². The number of rotatable bonds is 4. The number of hydrogen-bond donors (Lipinski definition) is 3. The second-order valence-corrected chi connectivity index (χ2v) is 4.85. The number of nitrogens with one attached hydrogen (secondary N) is 1. The molecule has 0 aliphatic rings. The number of para-hydroxylation sites is 1. The molecule has 118 valence electrons. The minimum absolute atomic E-state index is 0.248. The van der Waals surface area contributed by atoms with Crippen LogP contribution in [0.2, 0.25) is 0 Å². The molecule has 0 atom stereocenters. The molecular weight excluding hydrogens is 290 g/mol. The zero-order valence-electron chi connectivity index (χ0n) is 12.7. The summed E-state index contributed by atoms with van der Waals surface area (Å²) < 4.78 is 5.09. The van der Waals surface area contributed by atoms with Gasteiger partial charge in [0.05, 0.1) is 11.4 Å². The minimum Gasteiger partial charge on any atom is -0.445 e. The Bertz CT molecular complexity index is 718. The Hall–Kier alpha value is -3.13. The van der Waals surface area contributed by atoms with E-state index < -0.39 is 6.09 Å². The van der Waals surface area contributed by atoms with E-state index >= 15 is 0 Å². The molecule has 2 rings (SSSR count). The first-order valence-corrected chi connectivity index (χ1v) is 7.24. The maximum Gasteiger partial charge on any atom is 0.407 e. The van der Waals surface area contributed by atoms with Crippen molar-refractivity contribution in [3.8, 4) is 11.8 Å². The summed E-state index contributed by atoms with van der Waals surface area (Å²) in [5.74, 6) is 5.88. The van der Waals surface area contributed by atoms with Gasteiger partial charge in [0.2, 0.25) is 0 Å². The quantitative estimate of drug-likeness (QED) is 0.460. The van der Waals surface area contributed by atoms with Crippen LogP contribution in [0.5, 0.6) is 0 Å². The molecule has 0 radical (unpaired) electrons. The largest absolute Gasteiger partial charge is 0.445 e. The number of anilines is 2. The smallest absolute Gasteiger partial charge is 0.407 e. The normalized spacial score (nSPS) is 9.57. The Balaban J connectivity index is 1.70. The maximum atomic E-state index is 11.5. The van der Waals surface area contributed by atoms with Gasteiger partial charge in [0.15, 0.2) is 0 Å². The van der Waals surface area contributed by atoms with E-state index in [1.807, 2.05) is 30.3 Å². The molecule has 0 aliphatic heterocycles. The van der Waals surface area contributed by atoms with Crippen molar-refractivity contribution in [2.24, 2.45) is 0 Å². The molecule has 0 saturated heterocycles. The maximum absolute atomic E-state index is 11.5. The van der Waals surface area contributed by atoms with E-state index in [0.29, 0.717) is 29.9 Å². The monoisotopic (exact) mass is 309 g/mol. The van der Waals surface area contributed by atoms with Crippen molar-refractivity contribution in [1.29, 1.82) is 0 Å². The van der Waals surface area contributed by atoms with E-state index in [9.17, 15) is 4.79 Å². The van der Waals surface area contributed by atoms with Crippen molar-refractivity contribution in [3.63, 3.8) is 0 Å². The first-order valence-electron chi connectivity index (χ1n) is 7.24. The van der Waals surface area contributed by atoms with Crippen LogP contribution in [-0.2, 0) is 11.3 Å². The van der Waals surface area contributed by atoms with E-state index in [2.05, 4.69) is 17.2 Å².